The van der Waals surface area contributed by atoms with E-state index in [1.807, 2.05) is 0 Å². The molecule has 0 aliphatic carbocycles. The SMILES string of the molecule is CCCNC(CCN1CC(C)CC(C)C1)C(=O)OC. The first kappa shape index (κ1) is 16.4. The highest BCUT2D eigenvalue weighted by Crippen LogP contribution is 2.21. The van der Waals surface area contributed by atoms with Crippen LogP contribution in [0.5, 0.6) is 0 Å². The van der Waals surface area contributed by atoms with Gasteiger partial charge in [0.05, 0.1) is 7.11 Å². The maximum Gasteiger partial charge on any atom is 0.322 e. The van der Waals surface area contributed by atoms with Gasteiger partial charge in [-0.1, -0.05) is 20.8 Å². The summed E-state index contributed by atoms with van der Waals surface area (Å²) in [4.78, 5) is 14.2. The van der Waals surface area contributed by atoms with E-state index in [2.05, 4.69) is 31.0 Å². The van der Waals surface area contributed by atoms with Crippen molar-refractivity contribution in [1.82, 2.24) is 10.2 Å². The summed E-state index contributed by atoms with van der Waals surface area (Å²) >= 11 is 0. The highest BCUT2D eigenvalue weighted by atomic mass is 16.5. The maximum absolute atomic E-state index is 11.7. The molecule has 1 rings (SSSR count). The summed E-state index contributed by atoms with van der Waals surface area (Å²) in [5.74, 6) is 1.40. The molecule has 0 aromatic rings. The molecule has 112 valence electrons. The van der Waals surface area contributed by atoms with Crippen molar-refractivity contribution in [3.63, 3.8) is 0 Å². The molecule has 1 aliphatic rings. The fraction of sp³-hybridized carbons (Fsp3) is 0.933. The summed E-state index contributed by atoms with van der Waals surface area (Å²) in [5, 5.41) is 3.28. The fourth-order valence-electron chi connectivity index (χ4n) is 3.05. The topological polar surface area (TPSA) is 41.6 Å². The molecule has 0 radical (unpaired) electrons. The van der Waals surface area contributed by atoms with Crippen LogP contribution in [0, 0.1) is 11.8 Å². The van der Waals surface area contributed by atoms with E-state index < -0.39 is 0 Å². The maximum atomic E-state index is 11.7. The predicted molar refractivity (Wildman–Crippen MR) is 78.1 cm³/mol. The van der Waals surface area contributed by atoms with Gasteiger partial charge in [-0.25, -0.2) is 0 Å². The Morgan fingerprint density at radius 1 is 1.37 bits per heavy atom. The van der Waals surface area contributed by atoms with Gasteiger partial charge in [-0.3, -0.25) is 4.79 Å². The van der Waals surface area contributed by atoms with Crippen molar-refractivity contribution < 1.29 is 9.53 Å². The van der Waals surface area contributed by atoms with Crippen LogP contribution < -0.4 is 5.32 Å². The van der Waals surface area contributed by atoms with Crippen LogP contribution in [0.2, 0.25) is 0 Å². The molecule has 0 aromatic heterocycles. The van der Waals surface area contributed by atoms with Crippen molar-refractivity contribution in [2.45, 2.75) is 46.1 Å². The van der Waals surface area contributed by atoms with Gasteiger partial charge in [0, 0.05) is 19.6 Å². The summed E-state index contributed by atoms with van der Waals surface area (Å²) in [5.41, 5.74) is 0. The summed E-state index contributed by atoms with van der Waals surface area (Å²) < 4.78 is 4.87. The van der Waals surface area contributed by atoms with E-state index in [-0.39, 0.29) is 12.0 Å². The molecule has 4 heteroatoms. The second kappa shape index (κ2) is 8.54. The number of hydrogen-bond donors (Lipinski definition) is 1. The Balaban J connectivity index is 2.39. The van der Waals surface area contributed by atoms with Crippen molar-refractivity contribution in [3.8, 4) is 0 Å². The molecule has 1 saturated heterocycles. The Kier molecular flexibility index (Phi) is 7.39. The molecule has 1 fully saturated rings. The van der Waals surface area contributed by atoms with Crippen LogP contribution in [0.4, 0.5) is 0 Å². The Labute approximate surface area is 117 Å². The Hall–Kier alpha value is -0.610. The van der Waals surface area contributed by atoms with Gasteiger partial charge in [0.2, 0.25) is 0 Å². The summed E-state index contributed by atoms with van der Waals surface area (Å²) in [6.45, 7) is 10.9. The van der Waals surface area contributed by atoms with Gasteiger partial charge in [-0.05, 0) is 37.6 Å². The van der Waals surface area contributed by atoms with Crippen LogP contribution in [0.25, 0.3) is 0 Å². The molecule has 4 nitrogen and oxygen atoms in total. The van der Waals surface area contributed by atoms with Crippen molar-refractivity contribution >= 4 is 5.97 Å². The molecule has 19 heavy (non-hydrogen) atoms. The van der Waals surface area contributed by atoms with Gasteiger partial charge in [-0.2, -0.15) is 0 Å². The van der Waals surface area contributed by atoms with Crippen LogP contribution in [-0.4, -0.2) is 50.2 Å². The lowest BCUT2D eigenvalue weighted by Gasteiger charge is -2.35. The zero-order valence-electron chi connectivity index (χ0n) is 12.9. The summed E-state index contributed by atoms with van der Waals surface area (Å²) in [6, 6.07) is -0.155. The quantitative estimate of drug-likeness (QED) is 0.717. The highest BCUT2D eigenvalue weighted by molar-refractivity contribution is 5.75. The lowest BCUT2D eigenvalue weighted by Crippen LogP contribution is -2.44. The molecule has 0 spiro atoms. The van der Waals surface area contributed by atoms with Gasteiger partial charge >= 0.3 is 5.97 Å². The van der Waals surface area contributed by atoms with E-state index in [9.17, 15) is 4.79 Å². The largest absolute Gasteiger partial charge is 0.468 e. The van der Waals surface area contributed by atoms with Gasteiger partial charge in [0.1, 0.15) is 6.04 Å². The summed E-state index contributed by atoms with van der Waals surface area (Å²) in [7, 11) is 1.47. The number of methoxy groups -OCH3 is 1. The third-order valence-corrected chi connectivity index (χ3v) is 3.80. The second-order valence-electron chi connectivity index (χ2n) is 6.02. The van der Waals surface area contributed by atoms with Crippen LogP contribution in [0.3, 0.4) is 0 Å². The lowest BCUT2D eigenvalue weighted by molar-refractivity contribution is -0.143. The van der Waals surface area contributed by atoms with Crippen molar-refractivity contribution in [3.05, 3.63) is 0 Å². The predicted octanol–water partition coefficient (Wildman–Crippen LogP) is 1.90. The van der Waals surface area contributed by atoms with E-state index in [0.717, 1.165) is 50.9 Å². The second-order valence-corrected chi connectivity index (χ2v) is 6.02. The average molecular weight is 270 g/mol. The number of carbonyl (C=O) groups is 1. The molecular weight excluding hydrogens is 240 g/mol. The monoisotopic (exact) mass is 270 g/mol. The normalized spacial score (nSPS) is 26.1. The first-order chi connectivity index (χ1) is 9.06. The number of rotatable bonds is 7. The molecule has 0 bridgehead atoms. The molecule has 0 amide bonds. The van der Waals surface area contributed by atoms with Gasteiger partial charge in [0.25, 0.3) is 0 Å². The van der Waals surface area contributed by atoms with Crippen molar-refractivity contribution in [2.75, 3.05) is 33.3 Å². The molecule has 1 heterocycles. The van der Waals surface area contributed by atoms with E-state index >= 15 is 0 Å². The zero-order valence-corrected chi connectivity index (χ0v) is 12.9. The van der Waals surface area contributed by atoms with Crippen molar-refractivity contribution in [1.29, 1.82) is 0 Å². The molecule has 1 N–H and O–H groups in total. The molecular formula is C15H30N2O2. The average Bonchev–Trinajstić information content (AvgIpc) is 2.37. The lowest BCUT2D eigenvalue weighted by atomic mass is 9.91. The minimum atomic E-state index is -0.155. The Morgan fingerprint density at radius 2 is 2.00 bits per heavy atom. The number of ether oxygens (including phenoxy) is 1. The van der Waals surface area contributed by atoms with Crippen LogP contribution >= 0.6 is 0 Å². The highest BCUT2D eigenvalue weighted by Gasteiger charge is 2.24. The van der Waals surface area contributed by atoms with E-state index in [0.29, 0.717) is 0 Å². The first-order valence-corrected chi connectivity index (χ1v) is 7.60. The Bertz CT molecular complexity index is 261. The number of hydrogen-bond acceptors (Lipinski definition) is 4. The number of esters is 1. The number of likely N-dealkylation sites (tertiary alicyclic amines) is 1. The van der Waals surface area contributed by atoms with Gasteiger partial charge < -0.3 is 15.0 Å². The Morgan fingerprint density at radius 3 is 2.53 bits per heavy atom. The third kappa shape index (κ3) is 5.91. The standard InChI is InChI=1S/C15H30N2O2/c1-5-7-16-14(15(18)19-4)6-8-17-10-12(2)9-13(3)11-17/h12-14,16H,5-11H2,1-4H3. The zero-order chi connectivity index (χ0) is 14.3. The number of piperidine rings is 1. The van der Waals surface area contributed by atoms with Crippen molar-refractivity contribution in [2.24, 2.45) is 11.8 Å². The van der Waals surface area contributed by atoms with E-state index in [1.165, 1.54) is 13.5 Å². The van der Waals surface area contributed by atoms with Crippen LogP contribution in [-0.2, 0) is 9.53 Å². The number of nitrogens with one attached hydrogen (secondary N) is 1. The number of nitrogens with zero attached hydrogens (tertiary/aromatic N) is 1. The first-order valence-electron chi connectivity index (χ1n) is 7.60. The third-order valence-electron chi connectivity index (χ3n) is 3.80. The number of carbonyl (C=O) groups excluding carboxylic acids is 1. The van der Waals surface area contributed by atoms with Gasteiger partial charge in [0.15, 0.2) is 0 Å². The molecule has 3 unspecified atom stereocenters. The molecule has 1 aliphatic heterocycles. The molecule has 3 atom stereocenters. The molecule has 0 aromatic carbocycles. The summed E-state index contributed by atoms with van der Waals surface area (Å²) in [6.07, 6.45) is 3.20. The van der Waals surface area contributed by atoms with Gasteiger partial charge in [-0.15, -0.1) is 0 Å². The smallest absolute Gasteiger partial charge is 0.322 e. The minimum absolute atomic E-state index is 0.133. The van der Waals surface area contributed by atoms with Crippen LogP contribution in [0.1, 0.15) is 40.0 Å². The fourth-order valence-corrected chi connectivity index (χ4v) is 3.05. The molecule has 0 saturated carbocycles. The van der Waals surface area contributed by atoms with E-state index in [1.54, 1.807) is 0 Å². The minimum Gasteiger partial charge on any atom is -0.468 e. The van der Waals surface area contributed by atoms with E-state index in [4.69, 9.17) is 4.74 Å². The van der Waals surface area contributed by atoms with Crippen LogP contribution in [0.15, 0.2) is 0 Å².